The molecule has 0 unspecified atom stereocenters. The number of aryl methyl sites for hydroxylation is 1. The third-order valence-corrected chi connectivity index (χ3v) is 3.24. The van der Waals surface area contributed by atoms with Crippen LogP contribution in [0.5, 0.6) is 0 Å². The van der Waals surface area contributed by atoms with Crippen LogP contribution in [0.3, 0.4) is 0 Å². The second kappa shape index (κ2) is 6.38. The average Bonchev–Trinajstić information content (AvgIpc) is 2.52. The summed E-state index contributed by atoms with van der Waals surface area (Å²) in [7, 11) is 0. The standard InChI is InChI=1S/C9H16N2S.ClH/c1-2-7-3-4-9(12-7)8(11)5-6-10;/h3-4,8H,2,5-6,10-11H2,1H3;1H/t8-;/m0./s1. The predicted octanol–water partition coefficient (Wildman–Crippen LogP) is 2.08. The Morgan fingerprint density at radius 2 is 2.15 bits per heavy atom. The molecule has 0 saturated heterocycles. The Bertz CT molecular complexity index is 237. The van der Waals surface area contributed by atoms with Crippen molar-refractivity contribution in [2.45, 2.75) is 25.8 Å². The molecule has 0 aliphatic rings. The monoisotopic (exact) mass is 220 g/mol. The molecule has 4 heteroatoms. The Labute approximate surface area is 89.7 Å². The van der Waals surface area contributed by atoms with E-state index < -0.39 is 0 Å². The van der Waals surface area contributed by atoms with E-state index in [-0.39, 0.29) is 18.4 Å². The van der Waals surface area contributed by atoms with Crippen molar-refractivity contribution in [1.82, 2.24) is 0 Å². The highest BCUT2D eigenvalue weighted by atomic mass is 35.5. The van der Waals surface area contributed by atoms with Gasteiger partial charge in [-0.3, -0.25) is 0 Å². The molecule has 0 fully saturated rings. The van der Waals surface area contributed by atoms with Gasteiger partial charge in [0.2, 0.25) is 0 Å². The van der Waals surface area contributed by atoms with Crippen LogP contribution in [0.15, 0.2) is 12.1 Å². The molecule has 1 rings (SSSR count). The summed E-state index contributed by atoms with van der Waals surface area (Å²) in [4.78, 5) is 2.66. The lowest BCUT2D eigenvalue weighted by Crippen LogP contribution is -2.13. The molecule has 76 valence electrons. The fourth-order valence-electron chi connectivity index (χ4n) is 1.11. The van der Waals surface area contributed by atoms with Gasteiger partial charge in [-0.1, -0.05) is 6.92 Å². The normalized spacial score (nSPS) is 12.2. The van der Waals surface area contributed by atoms with E-state index in [4.69, 9.17) is 11.5 Å². The van der Waals surface area contributed by atoms with Crippen LogP contribution in [-0.2, 0) is 6.42 Å². The molecule has 1 heterocycles. The lowest BCUT2D eigenvalue weighted by molar-refractivity contribution is 0.672. The van der Waals surface area contributed by atoms with Crippen molar-refractivity contribution in [3.8, 4) is 0 Å². The zero-order chi connectivity index (χ0) is 8.97. The highest BCUT2D eigenvalue weighted by Gasteiger charge is 2.06. The summed E-state index contributed by atoms with van der Waals surface area (Å²) in [5, 5.41) is 0. The van der Waals surface area contributed by atoms with Crippen LogP contribution in [0.2, 0.25) is 0 Å². The molecule has 1 atom stereocenters. The Balaban J connectivity index is 0.00000144. The third kappa shape index (κ3) is 3.65. The van der Waals surface area contributed by atoms with Gasteiger partial charge in [-0.15, -0.1) is 23.7 Å². The maximum atomic E-state index is 5.90. The first-order valence-electron chi connectivity index (χ1n) is 4.32. The molecule has 0 saturated carbocycles. The number of thiophene rings is 1. The Morgan fingerprint density at radius 3 is 2.62 bits per heavy atom. The maximum absolute atomic E-state index is 5.90. The summed E-state index contributed by atoms with van der Waals surface area (Å²) in [6.07, 6.45) is 1.98. The van der Waals surface area contributed by atoms with Crippen LogP contribution in [0.25, 0.3) is 0 Å². The van der Waals surface area contributed by atoms with Crippen molar-refractivity contribution < 1.29 is 0 Å². The van der Waals surface area contributed by atoms with Gasteiger partial charge in [0.05, 0.1) is 0 Å². The molecule has 0 amide bonds. The molecule has 1 aromatic heterocycles. The quantitative estimate of drug-likeness (QED) is 0.817. The van der Waals surface area contributed by atoms with E-state index in [1.165, 1.54) is 9.75 Å². The molecular weight excluding hydrogens is 204 g/mol. The van der Waals surface area contributed by atoms with Crippen LogP contribution in [-0.4, -0.2) is 6.54 Å². The van der Waals surface area contributed by atoms with Gasteiger partial charge in [0.25, 0.3) is 0 Å². The summed E-state index contributed by atoms with van der Waals surface area (Å²) >= 11 is 1.80. The van der Waals surface area contributed by atoms with Gasteiger partial charge >= 0.3 is 0 Å². The van der Waals surface area contributed by atoms with Gasteiger partial charge in [-0.2, -0.15) is 0 Å². The summed E-state index contributed by atoms with van der Waals surface area (Å²) < 4.78 is 0. The van der Waals surface area contributed by atoms with Gasteiger partial charge in [-0.25, -0.2) is 0 Å². The van der Waals surface area contributed by atoms with Crippen molar-refractivity contribution in [2.75, 3.05) is 6.54 Å². The molecule has 0 aliphatic heterocycles. The second-order valence-electron chi connectivity index (χ2n) is 2.84. The fraction of sp³-hybridized carbons (Fsp3) is 0.556. The zero-order valence-electron chi connectivity index (χ0n) is 7.82. The number of rotatable bonds is 4. The smallest absolute Gasteiger partial charge is 0.0401 e. The summed E-state index contributed by atoms with van der Waals surface area (Å²) in [6.45, 7) is 2.82. The molecule has 0 spiro atoms. The Hall–Kier alpha value is -0.0900. The van der Waals surface area contributed by atoms with E-state index in [1.807, 2.05) is 0 Å². The molecule has 2 nitrogen and oxygen atoms in total. The van der Waals surface area contributed by atoms with Gasteiger partial charge in [-0.05, 0) is 31.5 Å². The van der Waals surface area contributed by atoms with Crippen molar-refractivity contribution in [1.29, 1.82) is 0 Å². The van der Waals surface area contributed by atoms with Gasteiger partial charge in [0.15, 0.2) is 0 Å². The summed E-state index contributed by atoms with van der Waals surface area (Å²) in [5.41, 5.74) is 11.3. The SMILES string of the molecule is CCc1ccc([C@@H](N)CCN)s1.Cl. The number of hydrogen-bond donors (Lipinski definition) is 2. The summed E-state index contributed by atoms with van der Waals surface area (Å²) in [5.74, 6) is 0. The fourth-order valence-corrected chi connectivity index (χ4v) is 2.09. The highest BCUT2D eigenvalue weighted by Crippen LogP contribution is 2.23. The number of halogens is 1. The molecule has 0 radical (unpaired) electrons. The molecule has 13 heavy (non-hydrogen) atoms. The van der Waals surface area contributed by atoms with Gasteiger partial charge < -0.3 is 11.5 Å². The predicted molar refractivity (Wildman–Crippen MR) is 61.5 cm³/mol. The van der Waals surface area contributed by atoms with E-state index in [1.54, 1.807) is 11.3 Å². The van der Waals surface area contributed by atoms with Crippen LogP contribution in [0.1, 0.15) is 29.1 Å². The number of hydrogen-bond acceptors (Lipinski definition) is 3. The van der Waals surface area contributed by atoms with Crippen molar-refractivity contribution in [3.05, 3.63) is 21.9 Å². The Kier molecular flexibility index (Phi) is 6.33. The van der Waals surface area contributed by atoms with Crippen molar-refractivity contribution >= 4 is 23.7 Å². The topological polar surface area (TPSA) is 52.0 Å². The molecule has 0 bridgehead atoms. The van der Waals surface area contributed by atoms with Crippen LogP contribution >= 0.6 is 23.7 Å². The summed E-state index contributed by atoms with van der Waals surface area (Å²) in [6, 6.07) is 4.40. The van der Waals surface area contributed by atoms with E-state index in [2.05, 4.69) is 19.1 Å². The third-order valence-electron chi connectivity index (χ3n) is 1.87. The molecular formula is C9H17ClN2S. The van der Waals surface area contributed by atoms with E-state index in [0.29, 0.717) is 6.54 Å². The van der Waals surface area contributed by atoms with Gasteiger partial charge in [0.1, 0.15) is 0 Å². The zero-order valence-corrected chi connectivity index (χ0v) is 9.46. The van der Waals surface area contributed by atoms with Crippen LogP contribution in [0, 0.1) is 0 Å². The first kappa shape index (κ1) is 12.9. The van der Waals surface area contributed by atoms with Gasteiger partial charge in [0, 0.05) is 15.8 Å². The first-order chi connectivity index (χ1) is 5.77. The van der Waals surface area contributed by atoms with E-state index >= 15 is 0 Å². The minimum absolute atomic E-state index is 0. The minimum atomic E-state index is 0. The largest absolute Gasteiger partial charge is 0.330 e. The number of nitrogens with two attached hydrogens (primary N) is 2. The van der Waals surface area contributed by atoms with Crippen molar-refractivity contribution in [3.63, 3.8) is 0 Å². The Morgan fingerprint density at radius 1 is 1.46 bits per heavy atom. The van der Waals surface area contributed by atoms with Crippen molar-refractivity contribution in [2.24, 2.45) is 11.5 Å². The van der Waals surface area contributed by atoms with Crippen LogP contribution < -0.4 is 11.5 Å². The second-order valence-corrected chi connectivity index (χ2v) is 4.04. The molecule has 0 aliphatic carbocycles. The van der Waals surface area contributed by atoms with Crippen LogP contribution in [0.4, 0.5) is 0 Å². The first-order valence-corrected chi connectivity index (χ1v) is 5.13. The molecule has 1 aromatic rings. The average molecular weight is 221 g/mol. The lowest BCUT2D eigenvalue weighted by Gasteiger charge is -2.06. The minimum Gasteiger partial charge on any atom is -0.330 e. The molecule has 4 N–H and O–H groups in total. The lowest BCUT2D eigenvalue weighted by atomic mass is 10.2. The maximum Gasteiger partial charge on any atom is 0.0401 e. The van der Waals surface area contributed by atoms with E-state index in [0.717, 1.165) is 12.8 Å². The molecule has 0 aromatic carbocycles. The highest BCUT2D eigenvalue weighted by molar-refractivity contribution is 7.12. The van der Waals surface area contributed by atoms with E-state index in [9.17, 15) is 0 Å².